The number of imide groups is 1. The summed E-state index contributed by atoms with van der Waals surface area (Å²) in [4.78, 5) is 28.4. The smallest absolute Gasteiger partial charge is 0.282 e. The van der Waals surface area contributed by atoms with Crippen molar-refractivity contribution in [3.63, 3.8) is 0 Å². The van der Waals surface area contributed by atoms with E-state index in [1.54, 1.807) is 49.6 Å². The number of methoxy groups -OCH3 is 2. The molecule has 4 rings (SSSR count). The normalized spacial score (nSPS) is 13.4. The van der Waals surface area contributed by atoms with Crippen LogP contribution in [0.15, 0.2) is 72.4 Å². The lowest BCUT2D eigenvalue weighted by atomic mass is 10.0. The molecule has 0 aliphatic carbocycles. The number of nitrogens with zero attached hydrogens (tertiary/aromatic N) is 1. The number of benzene rings is 3. The van der Waals surface area contributed by atoms with Crippen molar-refractivity contribution in [3.05, 3.63) is 83.6 Å². The molecule has 1 aliphatic heterocycles. The Balaban J connectivity index is 1.79. The maximum Gasteiger partial charge on any atom is 0.282 e. The number of aryl methyl sites for hydroxylation is 1. The highest BCUT2D eigenvalue weighted by molar-refractivity contribution is 6.46. The van der Waals surface area contributed by atoms with Crippen molar-refractivity contribution in [3.8, 4) is 17.2 Å². The van der Waals surface area contributed by atoms with Crippen molar-refractivity contribution < 1.29 is 23.8 Å². The summed E-state index contributed by atoms with van der Waals surface area (Å²) in [5.41, 5.74) is 3.20. The zero-order valence-electron chi connectivity index (χ0n) is 19.5. The Kier molecular flexibility index (Phi) is 6.54. The van der Waals surface area contributed by atoms with Gasteiger partial charge in [0.1, 0.15) is 11.4 Å². The van der Waals surface area contributed by atoms with Gasteiger partial charge in [0, 0.05) is 17.8 Å². The molecule has 3 aromatic carbocycles. The van der Waals surface area contributed by atoms with E-state index in [9.17, 15) is 9.59 Å². The molecule has 1 aliphatic rings. The van der Waals surface area contributed by atoms with Crippen molar-refractivity contribution in [2.45, 2.75) is 13.8 Å². The summed E-state index contributed by atoms with van der Waals surface area (Å²) < 4.78 is 16.3. The summed E-state index contributed by atoms with van der Waals surface area (Å²) >= 11 is 0. The molecule has 0 atom stereocenters. The van der Waals surface area contributed by atoms with Gasteiger partial charge in [-0.15, -0.1) is 0 Å². The Bertz CT molecular complexity index is 1260. The zero-order chi connectivity index (χ0) is 24.2. The molecule has 0 aromatic heterocycles. The zero-order valence-corrected chi connectivity index (χ0v) is 19.5. The first kappa shape index (κ1) is 22.9. The fourth-order valence-corrected chi connectivity index (χ4v) is 3.81. The van der Waals surface area contributed by atoms with Gasteiger partial charge in [-0.2, -0.15) is 0 Å². The van der Waals surface area contributed by atoms with Gasteiger partial charge in [-0.1, -0.05) is 35.9 Å². The van der Waals surface area contributed by atoms with Gasteiger partial charge in [0.25, 0.3) is 11.8 Å². The van der Waals surface area contributed by atoms with E-state index in [1.807, 2.05) is 38.1 Å². The molecule has 0 saturated heterocycles. The van der Waals surface area contributed by atoms with Gasteiger partial charge in [-0.05, 0) is 43.7 Å². The molecule has 7 nitrogen and oxygen atoms in total. The van der Waals surface area contributed by atoms with Crippen molar-refractivity contribution in [2.24, 2.45) is 0 Å². The van der Waals surface area contributed by atoms with Crippen molar-refractivity contribution >= 4 is 28.8 Å². The van der Waals surface area contributed by atoms with Gasteiger partial charge in [0.15, 0.2) is 11.5 Å². The summed E-state index contributed by atoms with van der Waals surface area (Å²) in [5.74, 6) is 0.778. The molecule has 0 spiro atoms. The molecule has 0 fully saturated rings. The topological polar surface area (TPSA) is 77.1 Å². The van der Waals surface area contributed by atoms with Crippen LogP contribution in [0.3, 0.4) is 0 Å². The van der Waals surface area contributed by atoms with Gasteiger partial charge in [-0.25, -0.2) is 4.90 Å². The van der Waals surface area contributed by atoms with E-state index < -0.39 is 11.8 Å². The molecule has 174 valence electrons. The maximum absolute atomic E-state index is 13.6. The second kappa shape index (κ2) is 9.70. The Labute approximate surface area is 198 Å². The van der Waals surface area contributed by atoms with Crippen LogP contribution >= 0.6 is 0 Å². The van der Waals surface area contributed by atoms with Crippen LogP contribution in [0.2, 0.25) is 0 Å². The van der Waals surface area contributed by atoms with Crippen molar-refractivity contribution in [1.82, 2.24) is 0 Å². The van der Waals surface area contributed by atoms with Crippen LogP contribution in [0.25, 0.3) is 5.57 Å². The first-order valence-electron chi connectivity index (χ1n) is 10.9. The maximum atomic E-state index is 13.6. The van der Waals surface area contributed by atoms with Crippen LogP contribution in [0.1, 0.15) is 18.1 Å². The van der Waals surface area contributed by atoms with Gasteiger partial charge in [0.05, 0.1) is 32.1 Å². The second-order valence-corrected chi connectivity index (χ2v) is 7.69. The summed E-state index contributed by atoms with van der Waals surface area (Å²) in [6.07, 6.45) is 0. The predicted molar refractivity (Wildman–Crippen MR) is 131 cm³/mol. The molecule has 1 heterocycles. The molecule has 3 aromatic rings. The van der Waals surface area contributed by atoms with E-state index in [2.05, 4.69) is 5.32 Å². The minimum atomic E-state index is -0.455. The van der Waals surface area contributed by atoms with E-state index in [1.165, 1.54) is 12.0 Å². The van der Waals surface area contributed by atoms with Crippen LogP contribution in [0, 0.1) is 6.92 Å². The number of hydrogen-bond donors (Lipinski definition) is 1. The third-order valence-electron chi connectivity index (χ3n) is 5.46. The minimum Gasteiger partial charge on any atom is -0.494 e. The standard InChI is InChI=1S/C27H26N2O5/c1-5-34-21-8-6-7-20(16-21)29-26(30)24(18-11-9-17(2)10-12-18)25(27(29)31)28-19-13-14-22(32-3)23(15-19)33-4/h6-16,28H,5H2,1-4H3. The Morgan fingerprint density at radius 1 is 0.853 bits per heavy atom. The highest BCUT2D eigenvalue weighted by Crippen LogP contribution is 2.36. The van der Waals surface area contributed by atoms with E-state index >= 15 is 0 Å². The van der Waals surface area contributed by atoms with Gasteiger partial charge in [-0.3, -0.25) is 9.59 Å². The Morgan fingerprint density at radius 2 is 1.59 bits per heavy atom. The summed E-state index contributed by atoms with van der Waals surface area (Å²) in [7, 11) is 3.09. The second-order valence-electron chi connectivity index (χ2n) is 7.69. The lowest BCUT2D eigenvalue weighted by Crippen LogP contribution is -2.32. The molecule has 1 N–H and O–H groups in total. The Morgan fingerprint density at radius 3 is 2.26 bits per heavy atom. The molecular formula is C27H26N2O5. The molecule has 2 amide bonds. The molecule has 0 saturated carbocycles. The molecular weight excluding hydrogens is 432 g/mol. The highest BCUT2D eigenvalue weighted by atomic mass is 16.5. The number of rotatable bonds is 8. The Hall–Kier alpha value is -4.26. The van der Waals surface area contributed by atoms with Crippen LogP contribution < -0.4 is 24.4 Å². The number of anilines is 2. The third-order valence-corrected chi connectivity index (χ3v) is 5.46. The highest BCUT2D eigenvalue weighted by Gasteiger charge is 2.40. The fraction of sp³-hybridized carbons (Fsp3) is 0.185. The third kappa shape index (κ3) is 4.32. The van der Waals surface area contributed by atoms with E-state index in [4.69, 9.17) is 14.2 Å². The number of carbonyl (C=O) groups is 2. The number of ether oxygens (including phenoxy) is 3. The van der Waals surface area contributed by atoms with Crippen LogP contribution in [-0.2, 0) is 9.59 Å². The SMILES string of the molecule is CCOc1cccc(N2C(=O)C(Nc3ccc(OC)c(OC)c3)=C(c3ccc(C)cc3)C2=O)c1. The summed E-state index contributed by atoms with van der Waals surface area (Å²) in [6.45, 7) is 4.32. The number of amides is 2. The average molecular weight is 459 g/mol. The molecule has 0 unspecified atom stereocenters. The van der Waals surface area contributed by atoms with E-state index in [-0.39, 0.29) is 5.70 Å². The predicted octanol–water partition coefficient (Wildman–Crippen LogP) is 4.81. The number of carbonyl (C=O) groups excluding carboxylic acids is 2. The van der Waals surface area contributed by atoms with E-state index in [0.29, 0.717) is 46.4 Å². The first-order chi connectivity index (χ1) is 16.5. The van der Waals surface area contributed by atoms with Crippen LogP contribution in [-0.4, -0.2) is 32.6 Å². The first-order valence-corrected chi connectivity index (χ1v) is 10.9. The van der Waals surface area contributed by atoms with Gasteiger partial charge < -0.3 is 19.5 Å². The molecule has 7 heteroatoms. The molecule has 34 heavy (non-hydrogen) atoms. The fourth-order valence-electron chi connectivity index (χ4n) is 3.81. The lowest BCUT2D eigenvalue weighted by Gasteiger charge is -2.17. The lowest BCUT2D eigenvalue weighted by molar-refractivity contribution is -0.120. The minimum absolute atomic E-state index is 0.183. The van der Waals surface area contributed by atoms with E-state index in [0.717, 1.165) is 5.56 Å². The van der Waals surface area contributed by atoms with Gasteiger partial charge >= 0.3 is 0 Å². The van der Waals surface area contributed by atoms with Gasteiger partial charge in [0.2, 0.25) is 0 Å². The van der Waals surface area contributed by atoms with Crippen LogP contribution in [0.5, 0.6) is 17.2 Å². The number of hydrogen-bond acceptors (Lipinski definition) is 6. The quantitative estimate of drug-likeness (QED) is 0.489. The largest absolute Gasteiger partial charge is 0.494 e. The average Bonchev–Trinajstić information content (AvgIpc) is 3.09. The molecule has 0 radical (unpaired) electrons. The monoisotopic (exact) mass is 458 g/mol. The van der Waals surface area contributed by atoms with Crippen molar-refractivity contribution in [1.29, 1.82) is 0 Å². The summed E-state index contributed by atoms with van der Waals surface area (Å²) in [6, 6.07) is 19.7. The van der Waals surface area contributed by atoms with Crippen molar-refractivity contribution in [2.75, 3.05) is 31.0 Å². The summed E-state index contributed by atoms with van der Waals surface area (Å²) in [5, 5.41) is 3.15. The van der Waals surface area contributed by atoms with Crippen LogP contribution in [0.4, 0.5) is 11.4 Å². The number of nitrogens with one attached hydrogen (secondary N) is 1. The molecule has 0 bridgehead atoms.